The zero-order valence-electron chi connectivity index (χ0n) is 10.8. The molecule has 1 aromatic heterocycles. The van der Waals surface area contributed by atoms with Crippen molar-refractivity contribution >= 4 is 5.97 Å². The molecule has 1 heterocycles. The highest BCUT2D eigenvalue weighted by atomic mass is 16.4. The van der Waals surface area contributed by atoms with E-state index in [9.17, 15) is 4.79 Å². The zero-order chi connectivity index (χ0) is 13.3. The number of aryl methyl sites for hydroxylation is 3. The summed E-state index contributed by atoms with van der Waals surface area (Å²) in [5.41, 5.74) is 4.15. The summed E-state index contributed by atoms with van der Waals surface area (Å²) in [7, 11) is 0. The van der Waals surface area contributed by atoms with Crippen molar-refractivity contribution in [3.8, 4) is 5.69 Å². The smallest absolute Gasteiger partial charge is 0.356 e. The molecule has 1 aromatic carbocycles. The highest BCUT2D eigenvalue weighted by molar-refractivity contribution is 5.86. The van der Waals surface area contributed by atoms with Gasteiger partial charge in [0.05, 0.1) is 5.69 Å². The first kappa shape index (κ1) is 12.4. The molecule has 2 rings (SSSR count). The lowest BCUT2D eigenvalue weighted by atomic mass is 10.1. The molecule has 4 nitrogen and oxygen atoms in total. The van der Waals surface area contributed by atoms with Crippen LogP contribution < -0.4 is 0 Å². The van der Waals surface area contributed by atoms with Crippen LogP contribution in [-0.2, 0) is 6.42 Å². The van der Waals surface area contributed by atoms with Gasteiger partial charge in [-0.3, -0.25) is 0 Å². The lowest BCUT2D eigenvalue weighted by molar-refractivity contribution is 0.0689. The van der Waals surface area contributed by atoms with Crippen LogP contribution in [0.25, 0.3) is 5.69 Å². The molecule has 0 unspecified atom stereocenters. The normalized spacial score (nSPS) is 10.6. The highest BCUT2D eigenvalue weighted by Gasteiger charge is 2.13. The molecule has 0 saturated heterocycles. The van der Waals surface area contributed by atoms with Crippen LogP contribution in [-0.4, -0.2) is 20.9 Å². The third kappa shape index (κ3) is 2.14. The van der Waals surface area contributed by atoms with Crippen molar-refractivity contribution in [3.05, 3.63) is 46.8 Å². The van der Waals surface area contributed by atoms with Gasteiger partial charge in [0.2, 0.25) is 0 Å². The number of hydrogen-bond acceptors (Lipinski definition) is 2. The molecule has 0 bridgehead atoms. The van der Waals surface area contributed by atoms with Crippen LogP contribution in [0.3, 0.4) is 0 Å². The number of aromatic nitrogens is 2. The Bertz CT molecular complexity index is 600. The Hall–Kier alpha value is -2.10. The van der Waals surface area contributed by atoms with Crippen LogP contribution >= 0.6 is 0 Å². The molecule has 4 heteroatoms. The van der Waals surface area contributed by atoms with Gasteiger partial charge < -0.3 is 5.11 Å². The van der Waals surface area contributed by atoms with Crippen molar-refractivity contribution in [3.63, 3.8) is 0 Å². The van der Waals surface area contributed by atoms with Gasteiger partial charge in [-0.2, -0.15) is 5.10 Å². The van der Waals surface area contributed by atoms with Crippen molar-refractivity contribution in [2.75, 3.05) is 0 Å². The SMILES string of the molecule is CCc1ccc(-n2cc(C)c(C(=O)O)n2)cc1C. The largest absolute Gasteiger partial charge is 0.476 e. The number of carboxylic acids is 1. The summed E-state index contributed by atoms with van der Waals surface area (Å²) in [5.74, 6) is -0.992. The second-order valence-electron chi connectivity index (χ2n) is 4.37. The van der Waals surface area contributed by atoms with E-state index in [-0.39, 0.29) is 5.69 Å². The number of benzene rings is 1. The first-order chi connectivity index (χ1) is 8.52. The van der Waals surface area contributed by atoms with E-state index >= 15 is 0 Å². The minimum absolute atomic E-state index is 0.104. The predicted molar refractivity (Wildman–Crippen MR) is 69.4 cm³/mol. The predicted octanol–water partition coefficient (Wildman–Crippen LogP) is 2.75. The summed E-state index contributed by atoms with van der Waals surface area (Å²) in [4.78, 5) is 11.0. The van der Waals surface area contributed by atoms with Crippen molar-refractivity contribution in [1.82, 2.24) is 9.78 Å². The Labute approximate surface area is 106 Å². The Balaban J connectivity index is 2.46. The second-order valence-corrected chi connectivity index (χ2v) is 4.37. The van der Waals surface area contributed by atoms with E-state index in [2.05, 4.69) is 25.0 Å². The van der Waals surface area contributed by atoms with Gasteiger partial charge >= 0.3 is 5.97 Å². The number of rotatable bonds is 3. The molecule has 0 saturated carbocycles. The molecule has 1 N–H and O–H groups in total. The highest BCUT2D eigenvalue weighted by Crippen LogP contribution is 2.16. The number of hydrogen-bond donors (Lipinski definition) is 1. The van der Waals surface area contributed by atoms with Gasteiger partial charge in [-0.15, -0.1) is 0 Å². The summed E-state index contributed by atoms with van der Waals surface area (Å²) >= 11 is 0. The third-order valence-electron chi connectivity index (χ3n) is 3.07. The molecular formula is C14H16N2O2. The molecule has 0 aliphatic heterocycles. The van der Waals surface area contributed by atoms with Crippen LogP contribution in [0, 0.1) is 13.8 Å². The zero-order valence-corrected chi connectivity index (χ0v) is 10.8. The maximum Gasteiger partial charge on any atom is 0.356 e. The number of carboxylic acid groups (broad SMARTS) is 1. The van der Waals surface area contributed by atoms with Crippen LogP contribution in [0.4, 0.5) is 0 Å². The monoisotopic (exact) mass is 244 g/mol. The fourth-order valence-electron chi connectivity index (χ4n) is 2.02. The number of nitrogens with zero attached hydrogens (tertiary/aromatic N) is 2. The Morgan fingerprint density at radius 3 is 2.56 bits per heavy atom. The minimum Gasteiger partial charge on any atom is -0.476 e. The van der Waals surface area contributed by atoms with Crippen LogP contribution in [0.15, 0.2) is 24.4 Å². The average molecular weight is 244 g/mol. The maximum absolute atomic E-state index is 11.0. The van der Waals surface area contributed by atoms with Gasteiger partial charge in [0.25, 0.3) is 0 Å². The van der Waals surface area contributed by atoms with Gasteiger partial charge in [-0.05, 0) is 43.5 Å². The molecule has 18 heavy (non-hydrogen) atoms. The lowest BCUT2D eigenvalue weighted by Gasteiger charge is -2.06. The van der Waals surface area contributed by atoms with Gasteiger partial charge in [0, 0.05) is 11.8 Å². The quantitative estimate of drug-likeness (QED) is 0.903. The maximum atomic E-state index is 11.0. The fourth-order valence-corrected chi connectivity index (χ4v) is 2.02. The summed E-state index contributed by atoms with van der Waals surface area (Å²) in [5, 5.41) is 13.1. The topological polar surface area (TPSA) is 55.1 Å². The molecule has 0 spiro atoms. The van der Waals surface area contributed by atoms with Crippen LogP contribution in [0.1, 0.15) is 34.1 Å². The van der Waals surface area contributed by atoms with Crippen LogP contribution in [0.2, 0.25) is 0 Å². The number of aromatic carboxylic acids is 1. The molecule has 0 fully saturated rings. The fraction of sp³-hybridized carbons (Fsp3) is 0.286. The van der Waals surface area contributed by atoms with Gasteiger partial charge in [0.15, 0.2) is 5.69 Å². The Morgan fingerprint density at radius 2 is 2.06 bits per heavy atom. The first-order valence-corrected chi connectivity index (χ1v) is 5.92. The van der Waals surface area contributed by atoms with Crippen molar-refractivity contribution < 1.29 is 9.90 Å². The number of carbonyl (C=O) groups is 1. The van der Waals surface area contributed by atoms with Gasteiger partial charge in [-0.1, -0.05) is 13.0 Å². The van der Waals surface area contributed by atoms with E-state index in [1.54, 1.807) is 17.8 Å². The summed E-state index contributed by atoms with van der Waals surface area (Å²) < 4.78 is 1.62. The molecule has 2 aromatic rings. The molecule has 0 radical (unpaired) electrons. The van der Waals surface area contributed by atoms with E-state index in [0.717, 1.165) is 12.1 Å². The molecule has 0 atom stereocenters. The molecule has 0 amide bonds. The standard InChI is InChI=1S/C14H16N2O2/c1-4-11-5-6-12(7-9(11)2)16-8-10(3)13(15-16)14(17)18/h5-8H,4H2,1-3H3,(H,17,18). The van der Waals surface area contributed by atoms with E-state index in [1.807, 2.05) is 12.1 Å². The molecule has 0 aliphatic carbocycles. The van der Waals surface area contributed by atoms with Gasteiger partial charge in [-0.25, -0.2) is 9.48 Å². The Kier molecular flexibility index (Phi) is 3.19. The minimum atomic E-state index is -0.992. The summed E-state index contributed by atoms with van der Waals surface area (Å²) in [6.07, 6.45) is 2.73. The second kappa shape index (κ2) is 4.64. The lowest BCUT2D eigenvalue weighted by Crippen LogP contribution is -2.02. The summed E-state index contributed by atoms with van der Waals surface area (Å²) in [6.45, 7) is 5.92. The van der Waals surface area contributed by atoms with E-state index in [4.69, 9.17) is 5.11 Å². The Morgan fingerprint density at radius 1 is 1.33 bits per heavy atom. The van der Waals surface area contributed by atoms with Crippen molar-refractivity contribution in [2.45, 2.75) is 27.2 Å². The summed E-state index contributed by atoms with van der Waals surface area (Å²) in [6, 6.07) is 6.04. The van der Waals surface area contributed by atoms with Gasteiger partial charge in [0.1, 0.15) is 0 Å². The molecule has 0 aliphatic rings. The first-order valence-electron chi connectivity index (χ1n) is 5.92. The van der Waals surface area contributed by atoms with E-state index < -0.39 is 5.97 Å². The van der Waals surface area contributed by atoms with E-state index in [1.165, 1.54) is 11.1 Å². The van der Waals surface area contributed by atoms with E-state index in [0.29, 0.717) is 5.56 Å². The van der Waals surface area contributed by atoms with Crippen LogP contribution in [0.5, 0.6) is 0 Å². The molecule has 94 valence electrons. The average Bonchev–Trinajstić information content (AvgIpc) is 2.71. The third-order valence-corrected chi connectivity index (χ3v) is 3.07. The van der Waals surface area contributed by atoms with Crippen molar-refractivity contribution in [1.29, 1.82) is 0 Å². The van der Waals surface area contributed by atoms with Crippen molar-refractivity contribution in [2.24, 2.45) is 0 Å². The molecular weight excluding hydrogens is 228 g/mol.